The van der Waals surface area contributed by atoms with Crippen LogP contribution in [0.4, 0.5) is 8.78 Å². The highest BCUT2D eigenvalue weighted by Gasteiger charge is 2.16. The lowest BCUT2D eigenvalue weighted by Gasteiger charge is -2.11. The minimum atomic E-state index is -0.645. The second-order valence-corrected chi connectivity index (χ2v) is 7.02. The molecule has 0 radical (unpaired) electrons. The molecule has 0 fully saturated rings. The van der Waals surface area contributed by atoms with Crippen molar-refractivity contribution in [3.8, 4) is 0 Å². The van der Waals surface area contributed by atoms with Gasteiger partial charge in [-0.3, -0.25) is 0 Å². The minimum absolute atomic E-state index is 0.205. The van der Waals surface area contributed by atoms with Crippen LogP contribution in [0.5, 0.6) is 0 Å². The third kappa shape index (κ3) is 4.53. The first-order valence-electron chi connectivity index (χ1n) is 9.96. The second kappa shape index (κ2) is 8.92. The van der Waals surface area contributed by atoms with Crippen LogP contribution < -0.4 is 0 Å². The molecule has 1 aromatic heterocycles. The minimum Gasteiger partial charge on any atom is -0.422 e. The molecule has 3 aromatic carbocycles. The first-order chi connectivity index (χ1) is 15.0. The highest BCUT2D eigenvalue weighted by atomic mass is 19.1. The number of aryl methyl sites for hydroxylation is 1. The molecule has 0 saturated carbocycles. The second-order valence-electron chi connectivity index (χ2n) is 7.02. The van der Waals surface area contributed by atoms with Crippen molar-refractivity contribution in [3.63, 3.8) is 0 Å². The molecule has 0 unspecified atom stereocenters. The zero-order chi connectivity index (χ0) is 21.8. The Morgan fingerprint density at radius 2 is 1.55 bits per heavy atom. The molecular weight excluding hydrogens is 398 g/mol. The zero-order valence-corrected chi connectivity index (χ0v) is 16.9. The Morgan fingerprint density at radius 3 is 2.19 bits per heavy atom. The summed E-state index contributed by atoms with van der Waals surface area (Å²) in [5.41, 5.74) is 2.52. The molecule has 1 heterocycles. The molecule has 4 nitrogen and oxygen atoms in total. The smallest absolute Gasteiger partial charge is 0.343 e. The fraction of sp³-hybridized carbons (Fsp3) is 0.120. The van der Waals surface area contributed by atoms with Crippen molar-refractivity contribution in [2.75, 3.05) is 0 Å². The van der Waals surface area contributed by atoms with E-state index in [1.54, 1.807) is 6.08 Å². The van der Waals surface area contributed by atoms with Gasteiger partial charge in [-0.15, -0.1) is 0 Å². The Morgan fingerprint density at radius 1 is 0.935 bits per heavy atom. The van der Waals surface area contributed by atoms with Gasteiger partial charge in [0, 0.05) is 18.2 Å². The van der Waals surface area contributed by atoms with E-state index in [-0.39, 0.29) is 11.3 Å². The summed E-state index contributed by atoms with van der Waals surface area (Å²) in [6.45, 7) is 2.80. The van der Waals surface area contributed by atoms with Crippen LogP contribution in [0.2, 0.25) is 0 Å². The van der Waals surface area contributed by atoms with Gasteiger partial charge >= 0.3 is 5.97 Å². The third-order valence-electron chi connectivity index (χ3n) is 4.80. The molecule has 4 aromatic rings. The van der Waals surface area contributed by atoms with Gasteiger partial charge in [0.05, 0.1) is 16.6 Å². The van der Waals surface area contributed by atoms with Gasteiger partial charge in [-0.1, -0.05) is 19.1 Å². The number of rotatable bonds is 6. The molecule has 0 spiro atoms. The maximum Gasteiger partial charge on any atom is 0.343 e. The molecule has 4 rings (SSSR count). The van der Waals surface area contributed by atoms with Crippen LogP contribution in [-0.4, -0.2) is 15.5 Å². The van der Waals surface area contributed by atoms with E-state index in [4.69, 9.17) is 4.74 Å². The molecule has 156 valence electrons. The standard InChI is InChI=1S/C25H20F2N2O2/c1-2-15-29-22-6-4-3-5-21(22)28-24(29)16-23(17-7-11-19(26)12-8-17)31-25(30)18-9-13-20(27)14-10-18/h3-14,16H,2,15H2,1H3/b23-16+. The highest BCUT2D eigenvalue weighted by molar-refractivity contribution is 5.95. The Balaban J connectivity index is 1.79. The number of carbonyl (C=O) groups is 1. The van der Waals surface area contributed by atoms with E-state index in [0.717, 1.165) is 24.0 Å². The van der Waals surface area contributed by atoms with Crippen LogP contribution in [0.3, 0.4) is 0 Å². The first kappa shape index (κ1) is 20.5. The Bertz CT molecular complexity index is 1240. The average molecular weight is 418 g/mol. The van der Waals surface area contributed by atoms with Crippen molar-refractivity contribution < 1.29 is 18.3 Å². The molecule has 0 atom stereocenters. The van der Waals surface area contributed by atoms with Crippen LogP contribution in [0.15, 0.2) is 72.8 Å². The average Bonchev–Trinajstić information content (AvgIpc) is 3.12. The largest absolute Gasteiger partial charge is 0.422 e. The van der Waals surface area contributed by atoms with Crippen molar-refractivity contribution in [1.29, 1.82) is 0 Å². The van der Waals surface area contributed by atoms with E-state index in [1.165, 1.54) is 48.5 Å². The summed E-state index contributed by atoms with van der Waals surface area (Å²) in [5, 5.41) is 0. The van der Waals surface area contributed by atoms with Crippen molar-refractivity contribution >= 4 is 28.8 Å². The summed E-state index contributed by atoms with van der Waals surface area (Å²) in [7, 11) is 0. The number of imidazole rings is 1. The number of nitrogens with zero attached hydrogens (tertiary/aromatic N) is 2. The number of hydrogen-bond donors (Lipinski definition) is 0. The number of halogens is 2. The zero-order valence-electron chi connectivity index (χ0n) is 16.9. The van der Waals surface area contributed by atoms with Gasteiger partial charge in [0.15, 0.2) is 0 Å². The third-order valence-corrected chi connectivity index (χ3v) is 4.80. The molecule has 0 aliphatic carbocycles. The molecule has 0 saturated heterocycles. The molecule has 0 aliphatic heterocycles. The van der Waals surface area contributed by atoms with Gasteiger partial charge in [0.1, 0.15) is 23.2 Å². The van der Waals surface area contributed by atoms with Crippen molar-refractivity contribution in [2.45, 2.75) is 19.9 Å². The number of ether oxygens (including phenoxy) is 1. The van der Waals surface area contributed by atoms with E-state index < -0.39 is 17.6 Å². The summed E-state index contributed by atoms with van der Waals surface area (Å²) < 4.78 is 34.4. The summed E-state index contributed by atoms with van der Waals surface area (Å²) in [6, 6.07) is 18.5. The number of carbonyl (C=O) groups excluding carboxylic acids is 1. The summed E-state index contributed by atoms with van der Waals surface area (Å²) in [4.78, 5) is 17.4. The van der Waals surface area contributed by atoms with Gasteiger partial charge < -0.3 is 9.30 Å². The fourth-order valence-electron chi connectivity index (χ4n) is 3.31. The van der Waals surface area contributed by atoms with Gasteiger partial charge in [-0.25, -0.2) is 18.6 Å². The van der Waals surface area contributed by atoms with E-state index in [2.05, 4.69) is 11.9 Å². The van der Waals surface area contributed by atoms with Crippen LogP contribution >= 0.6 is 0 Å². The molecular formula is C25H20F2N2O2. The first-order valence-corrected chi connectivity index (χ1v) is 9.96. The number of aromatic nitrogens is 2. The summed E-state index contributed by atoms with van der Waals surface area (Å²) in [6.07, 6.45) is 2.56. The molecule has 0 N–H and O–H groups in total. The van der Waals surface area contributed by atoms with Crippen LogP contribution in [0.1, 0.15) is 35.1 Å². The van der Waals surface area contributed by atoms with Crippen LogP contribution in [0, 0.1) is 11.6 Å². The maximum atomic E-state index is 13.5. The Kier molecular flexibility index (Phi) is 5.89. The van der Waals surface area contributed by atoms with E-state index in [0.29, 0.717) is 11.4 Å². The van der Waals surface area contributed by atoms with E-state index in [1.807, 2.05) is 28.8 Å². The lowest BCUT2D eigenvalue weighted by Crippen LogP contribution is -2.06. The van der Waals surface area contributed by atoms with Crippen LogP contribution in [-0.2, 0) is 11.3 Å². The Hall–Kier alpha value is -3.80. The molecule has 6 heteroatoms. The SMILES string of the molecule is CCCn1c(/C=C(/OC(=O)c2ccc(F)cc2)c2ccc(F)cc2)nc2ccccc21. The van der Waals surface area contributed by atoms with Crippen molar-refractivity contribution in [1.82, 2.24) is 9.55 Å². The van der Waals surface area contributed by atoms with Gasteiger partial charge in [0.2, 0.25) is 0 Å². The molecule has 0 amide bonds. The van der Waals surface area contributed by atoms with E-state index >= 15 is 0 Å². The predicted octanol–water partition coefficient (Wildman–Crippen LogP) is 6.08. The topological polar surface area (TPSA) is 44.1 Å². The number of benzene rings is 3. The maximum absolute atomic E-state index is 13.5. The lowest BCUT2D eigenvalue weighted by molar-refractivity contribution is 0.0693. The molecule has 0 bridgehead atoms. The fourth-order valence-corrected chi connectivity index (χ4v) is 3.31. The van der Waals surface area contributed by atoms with Crippen LogP contribution in [0.25, 0.3) is 22.9 Å². The number of hydrogen-bond acceptors (Lipinski definition) is 3. The Labute approximate surface area is 178 Å². The van der Waals surface area contributed by atoms with Crippen molar-refractivity contribution in [2.24, 2.45) is 0 Å². The number of esters is 1. The summed E-state index contributed by atoms with van der Waals surface area (Å²) in [5.74, 6) is -0.643. The highest BCUT2D eigenvalue weighted by Crippen LogP contribution is 2.24. The monoisotopic (exact) mass is 418 g/mol. The van der Waals surface area contributed by atoms with Crippen molar-refractivity contribution in [3.05, 3.63) is 101 Å². The lowest BCUT2D eigenvalue weighted by atomic mass is 10.1. The van der Waals surface area contributed by atoms with Gasteiger partial charge in [0.25, 0.3) is 0 Å². The normalized spacial score (nSPS) is 11.6. The predicted molar refractivity (Wildman–Crippen MR) is 116 cm³/mol. The van der Waals surface area contributed by atoms with Gasteiger partial charge in [-0.2, -0.15) is 0 Å². The molecule has 0 aliphatic rings. The van der Waals surface area contributed by atoms with E-state index in [9.17, 15) is 13.6 Å². The molecule has 31 heavy (non-hydrogen) atoms. The van der Waals surface area contributed by atoms with Gasteiger partial charge in [-0.05, 0) is 67.1 Å². The number of fused-ring (bicyclic) bond motifs is 1. The summed E-state index contributed by atoms with van der Waals surface area (Å²) >= 11 is 0. The number of para-hydroxylation sites is 2. The quantitative estimate of drug-likeness (QED) is 0.282.